The Morgan fingerprint density at radius 3 is 3.08 bits per heavy atom. The largest absolute Gasteiger partial charge is 0.453 e. The molecule has 1 aliphatic carbocycles. The molecule has 2 aromatic rings. The van der Waals surface area contributed by atoms with Gasteiger partial charge in [-0.2, -0.15) is 4.39 Å². The molecule has 0 fully saturated rings. The number of aromatic amines is 1. The van der Waals surface area contributed by atoms with E-state index in [1.54, 1.807) is 30.6 Å². The molecule has 3 rings (SSSR count). The highest BCUT2D eigenvalue weighted by Crippen LogP contribution is 2.34. The van der Waals surface area contributed by atoms with E-state index in [1.807, 2.05) is 19.0 Å². The lowest BCUT2D eigenvalue weighted by molar-refractivity contribution is -0.0144. The maximum absolute atomic E-state index is 14.9. The molecule has 0 bridgehead atoms. The number of H-pyrrole nitrogens is 1. The van der Waals surface area contributed by atoms with E-state index in [9.17, 15) is 4.39 Å². The van der Waals surface area contributed by atoms with Crippen LogP contribution in [0.3, 0.4) is 0 Å². The highest BCUT2D eigenvalue weighted by molar-refractivity contribution is 5.89. The Kier molecular flexibility index (Phi) is 4.28. The molecule has 1 atom stereocenters. The fraction of sp³-hybridized carbons (Fsp3) is 0.278. The molecule has 1 unspecified atom stereocenters. The van der Waals surface area contributed by atoms with E-state index in [1.165, 1.54) is 6.08 Å². The van der Waals surface area contributed by atoms with E-state index < -0.39 is 5.85 Å². The maximum atomic E-state index is 14.9. The number of allylic oxidation sites excluding steroid dienone is 2. The first kappa shape index (κ1) is 16.1. The molecule has 1 aliphatic rings. The molecule has 24 heavy (non-hydrogen) atoms. The van der Waals surface area contributed by atoms with Gasteiger partial charge in [-0.15, -0.1) is 0 Å². The standard InChI is InChI=1S/C18H19FN4O/c1-23(2)10-4-5-13-12-22-17-16(13)15(7-9-21-17)24-18(19)8-3-6-14(20)11-18/h3,6-9,12H,10-11,20H2,1-2H3,(H,21,22). The van der Waals surface area contributed by atoms with Gasteiger partial charge in [0.25, 0.3) is 5.85 Å². The van der Waals surface area contributed by atoms with Crippen LogP contribution in [0.25, 0.3) is 11.0 Å². The fourth-order valence-corrected chi connectivity index (χ4v) is 2.47. The Labute approximate surface area is 140 Å². The van der Waals surface area contributed by atoms with Crippen molar-refractivity contribution in [3.8, 4) is 17.6 Å². The third-order valence-electron chi connectivity index (χ3n) is 3.53. The van der Waals surface area contributed by atoms with Gasteiger partial charge in [-0.05, 0) is 32.3 Å². The smallest absolute Gasteiger partial charge is 0.273 e. The van der Waals surface area contributed by atoms with Crippen LogP contribution in [0.5, 0.6) is 5.75 Å². The summed E-state index contributed by atoms with van der Waals surface area (Å²) < 4.78 is 20.6. The molecular formula is C18H19FN4O. The summed E-state index contributed by atoms with van der Waals surface area (Å²) in [6.45, 7) is 0.625. The number of nitrogens with one attached hydrogen (secondary N) is 1. The molecule has 2 heterocycles. The van der Waals surface area contributed by atoms with E-state index >= 15 is 0 Å². The number of pyridine rings is 1. The van der Waals surface area contributed by atoms with Crippen molar-refractivity contribution in [2.75, 3.05) is 20.6 Å². The lowest BCUT2D eigenvalue weighted by Crippen LogP contribution is -2.31. The van der Waals surface area contributed by atoms with Crippen molar-refractivity contribution >= 4 is 11.0 Å². The second kappa shape index (κ2) is 6.38. The summed E-state index contributed by atoms with van der Waals surface area (Å²) in [7, 11) is 3.89. The number of alkyl halides is 1. The predicted octanol–water partition coefficient (Wildman–Crippen LogP) is 2.32. The predicted molar refractivity (Wildman–Crippen MR) is 92.0 cm³/mol. The van der Waals surface area contributed by atoms with Gasteiger partial charge in [0.15, 0.2) is 0 Å². The van der Waals surface area contributed by atoms with Crippen LogP contribution < -0.4 is 10.5 Å². The molecule has 5 nitrogen and oxygen atoms in total. The number of halogens is 1. The van der Waals surface area contributed by atoms with E-state index in [-0.39, 0.29) is 6.42 Å². The van der Waals surface area contributed by atoms with Crippen LogP contribution in [-0.4, -0.2) is 41.4 Å². The van der Waals surface area contributed by atoms with Gasteiger partial charge >= 0.3 is 0 Å². The zero-order valence-electron chi connectivity index (χ0n) is 13.6. The summed E-state index contributed by atoms with van der Waals surface area (Å²) in [5.74, 6) is 4.55. The molecule has 0 amide bonds. The van der Waals surface area contributed by atoms with Crippen molar-refractivity contribution in [2.45, 2.75) is 12.3 Å². The lowest BCUT2D eigenvalue weighted by Gasteiger charge is -2.25. The highest BCUT2D eigenvalue weighted by Gasteiger charge is 2.32. The number of nitrogens with zero attached hydrogens (tertiary/aromatic N) is 2. The third kappa shape index (κ3) is 3.42. The van der Waals surface area contributed by atoms with Crippen molar-refractivity contribution < 1.29 is 9.13 Å². The Bertz CT molecular complexity index is 872. The maximum Gasteiger partial charge on any atom is 0.273 e. The van der Waals surface area contributed by atoms with Gasteiger partial charge in [0.1, 0.15) is 11.4 Å². The molecule has 0 radical (unpaired) electrons. The molecule has 0 spiro atoms. The number of hydrogen-bond donors (Lipinski definition) is 2. The second-order valence-corrected chi connectivity index (χ2v) is 5.94. The van der Waals surface area contributed by atoms with Crippen LogP contribution in [0, 0.1) is 11.8 Å². The summed E-state index contributed by atoms with van der Waals surface area (Å²) in [6.07, 6.45) is 7.90. The average molecular weight is 326 g/mol. The number of fused-ring (bicyclic) bond motifs is 1. The van der Waals surface area contributed by atoms with Crippen LogP contribution >= 0.6 is 0 Å². The van der Waals surface area contributed by atoms with Gasteiger partial charge in [0.2, 0.25) is 0 Å². The lowest BCUT2D eigenvalue weighted by atomic mass is 10.1. The van der Waals surface area contributed by atoms with Gasteiger partial charge in [0.05, 0.1) is 23.9 Å². The van der Waals surface area contributed by atoms with Crippen molar-refractivity contribution in [3.63, 3.8) is 0 Å². The number of ether oxygens (including phenoxy) is 1. The van der Waals surface area contributed by atoms with E-state index in [2.05, 4.69) is 21.8 Å². The Hall–Kier alpha value is -2.78. The Balaban J connectivity index is 1.96. The highest BCUT2D eigenvalue weighted by atomic mass is 19.2. The van der Waals surface area contributed by atoms with Gasteiger partial charge < -0.3 is 15.5 Å². The molecule has 6 heteroatoms. The molecule has 124 valence electrons. The van der Waals surface area contributed by atoms with E-state index in [0.717, 1.165) is 5.56 Å². The fourth-order valence-electron chi connectivity index (χ4n) is 2.47. The normalized spacial score (nSPS) is 19.9. The first-order valence-electron chi connectivity index (χ1n) is 7.58. The molecule has 0 aromatic carbocycles. The van der Waals surface area contributed by atoms with Crippen molar-refractivity contribution in [2.24, 2.45) is 5.73 Å². The minimum absolute atomic E-state index is 0.0145. The molecule has 0 saturated heterocycles. The zero-order valence-corrected chi connectivity index (χ0v) is 13.6. The van der Waals surface area contributed by atoms with E-state index in [0.29, 0.717) is 29.0 Å². The summed E-state index contributed by atoms with van der Waals surface area (Å²) in [6, 6.07) is 1.64. The molecule has 0 saturated carbocycles. The van der Waals surface area contributed by atoms with Gasteiger partial charge in [0, 0.05) is 18.1 Å². The van der Waals surface area contributed by atoms with Crippen LogP contribution in [0.1, 0.15) is 12.0 Å². The van der Waals surface area contributed by atoms with Crippen molar-refractivity contribution in [1.29, 1.82) is 0 Å². The number of rotatable bonds is 3. The van der Waals surface area contributed by atoms with E-state index in [4.69, 9.17) is 10.5 Å². The Morgan fingerprint density at radius 1 is 1.50 bits per heavy atom. The summed E-state index contributed by atoms with van der Waals surface area (Å²) in [5.41, 5.74) is 7.49. The molecule has 0 aliphatic heterocycles. The van der Waals surface area contributed by atoms with Crippen LogP contribution in [0.15, 0.2) is 42.4 Å². The van der Waals surface area contributed by atoms with Crippen molar-refractivity contribution in [1.82, 2.24) is 14.9 Å². The number of aromatic nitrogens is 2. The molecular weight excluding hydrogens is 307 g/mol. The zero-order chi connectivity index (χ0) is 17.2. The molecule has 3 N–H and O–H groups in total. The Morgan fingerprint density at radius 2 is 2.33 bits per heavy atom. The van der Waals surface area contributed by atoms with Crippen LogP contribution in [-0.2, 0) is 0 Å². The average Bonchev–Trinajstić information content (AvgIpc) is 2.91. The minimum atomic E-state index is -1.97. The SMILES string of the molecule is CN(C)CC#Cc1c[nH]c2nccc(OC3(F)C=CC=C(N)C3)c12. The van der Waals surface area contributed by atoms with Gasteiger partial charge in [-0.3, -0.25) is 4.90 Å². The third-order valence-corrected chi connectivity index (χ3v) is 3.53. The molecule has 2 aromatic heterocycles. The van der Waals surface area contributed by atoms with Gasteiger partial charge in [-0.1, -0.05) is 17.9 Å². The topological polar surface area (TPSA) is 67.2 Å². The first-order valence-corrected chi connectivity index (χ1v) is 7.58. The summed E-state index contributed by atoms with van der Waals surface area (Å²) >= 11 is 0. The van der Waals surface area contributed by atoms with Crippen LogP contribution in [0.2, 0.25) is 0 Å². The van der Waals surface area contributed by atoms with Crippen molar-refractivity contribution in [3.05, 3.63) is 47.9 Å². The number of nitrogens with two attached hydrogens (primary N) is 1. The minimum Gasteiger partial charge on any atom is -0.453 e. The summed E-state index contributed by atoms with van der Waals surface area (Å²) in [5, 5.41) is 0.669. The first-order chi connectivity index (χ1) is 11.5. The van der Waals surface area contributed by atoms with Crippen LogP contribution in [0.4, 0.5) is 4.39 Å². The number of hydrogen-bond acceptors (Lipinski definition) is 4. The quantitative estimate of drug-likeness (QED) is 0.850. The second-order valence-electron chi connectivity index (χ2n) is 5.94. The van der Waals surface area contributed by atoms with Gasteiger partial charge in [-0.25, -0.2) is 4.98 Å². The summed E-state index contributed by atoms with van der Waals surface area (Å²) in [4.78, 5) is 9.26. The monoisotopic (exact) mass is 326 g/mol.